The summed E-state index contributed by atoms with van der Waals surface area (Å²) < 4.78 is 0. The first kappa shape index (κ1) is 20.3. The number of H-pyrrole nitrogens is 1. The second-order valence-corrected chi connectivity index (χ2v) is 7.34. The zero-order valence-electron chi connectivity index (χ0n) is 16.0. The molecule has 1 aromatic heterocycles. The quantitative estimate of drug-likeness (QED) is 0.300. The van der Waals surface area contributed by atoms with Crippen LogP contribution < -0.4 is 0 Å². The molecule has 23 heavy (non-hydrogen) atoms. The van der Waals surface area contributed by atoms with Gasteiger partial charge in [0.15, 0.2) is 0 Å². The van der Waals surface area contributed by atoms with E-state index in [1.165, 1.54) is 114 Å². The summed E-state index contributed by atoms with van der Waals surface area (Å²) in [5, 5.41) is 0. The lowest BCUT2D eigenvalue weighted by molar-refractivity contribution is 0.532. The highest BCUT2D eigenvalue weighted by Crippen LogP contribution is 2.14. The van der Waals surface area contributed by atoms with E-state index in [9.17, 15) is 0 Å². The van der Waals surface area contributed by atoms with Crippen LogP contribution in [0.4, 0.5) is 0 Å². The number of hydrogen-bond acceptors (Lipinski definition) is 0. The standard InChI is InChI=1S/C22H41N/c1-3-4-5-6-7-8-9-10-11-12-13-14-15-16-17-18-22-21(2)19-20-23-22/h19-20,23H,3-18H2,1-2H3. The minimum atomic E-state index is 1.23. The van der Waals surface area contributed by atoms with Crippen molar-refractivity contribution in [1.29, 1.82) is 0 Å². The minimum Gasteiger partial charge on any atom is -0.365 e. The van der Waals surface area contributed by atoms with Crippen LogP contribution in [0.1, 0.15) is 114 Å². The van der Waals surface area contributed by atoms with Gasteiger partial charge in [0, 0.05) is 11.9 Å². The van der Waals surface area contributed by atoms with Crippen molar-refractivity contribution >= 4 is 0 Å². The molecule has 0 aliphatic heterocycles. The van der Waals surface area contributed by atoms with Crippen LogP contribution >= 0.6 is 0 Å². The van der Waals surface area contributed by atoms with Crippen LogP contribution in [-0.4, -0.2) is 4.98 Å². The van der Waals surface area contributed by atoms with Gasteiger partial charge < -0.3 is 4.98 Å². The van der Waals surface area contributed by atoms with E-state index in [0.29, 0.717) is 0 Å². The molecule has 0 radical (unpaired) electrons. The van der Waals surface area contributed by atoms with E-state index >= 15 is 0 Å². The molecule has 1 heterocycles. The van der Waals surface area contributed by atoms with Crippen molar-refractivity contribution in [3.63, 3.8) is 0 Å². The van der Waals surface area contributed by atoms with E-state index in [0.717, 1.165) is 0 Å². The molecule has 1 aromatic rings. The fraction of sp³-hybridized carbons (Fsp3) is 0.818. The van der Waals surface area contributed by atoms with Crippen molar-refractivity contribution < 1.29 is 0 Å². The third-order valence-corrected chi connectivity index (χ3v) is 5.10. The molecular weight excluding hydrogens is 278 g/mol. The van der Waals surface area contributed by atoms with E-state index in [1.54, 1.807) is 0 Å². The predicted molar refractivity (Wildman–Crippen MR) is 104 cm³/mol. The van der Waals surface area contributed by atoms with Crippen molar-refractivity contribution in [2.75, 3.05) is 0 Å². The monoisotopic (exact) mass is 319 g/mol. The molecule has 1 nitrogen and oxygen atoms in total. The Kier molecular flexibility index (Phi) is 13.1. The second kappa shape index (κ2) is 14.8. The molecule has 0 fully saturated rings. The number of rotatable bonds is 16. The number of hydrogen-bond donors (Lipinski definition) is 1. The third kappa shape index (κ3) is 11.5. The summed E-state index contributed by atoms with van der Waals surface area (Å²) in [4.78, 5) is 3.36. The fourth-order valence-electron chi connectivity index (χ4n) is 3.42. The van der Waals surface area contributed by atoms with E-state index in [4.69, 9.17) is 0 Å². The molecule has 0 amide bonds. The molecular formula is C22H41N. The molecule has 0 atom stereocenters. The van der Waals surface area contributed by atoms with Gasteiger partial charge in [0.25, 0.3) is 0 Å². The molecule has 1 N–H and O–H groups in total. The Labute approximate surface area is 145 Å². The smallest absolute Gasteiger partial charge is 0.0176 e. The Morgan fingerprint density at radius 1 is 0.652 bits per heavy atom. The van der Waals surface area contributed by atoms with Crippen molar-refractivity contribution in [2.24, 2.45) is 0 Å². The lowest BCUT2D eigenvalue weighted by atomic mass is 10.0. The summed E-state index contributed by atoms with van der Waals surface area (Å²) in [6, 6.07) is 2.18. The van der Waals surface area contributed by atoms with Crippen LogP contribution in [0.2, 0.25) is 0 Å². The molecule has 0 saturated heterocycles. The van der Waals surface area contributed by atoms with Crippen LogP contribution in [0.25, 0.3) is 0 Å². The van der Waals surface area contributed by atoms with Crippen LogP contribution in [0, 0.1) is 6.92 Å². The Balaban J connectivity index is 1.72. The predicted octanol–water partition coefficient (Wildman–Crippen LogP) is 7.74. The number of unbranched alkanes of at least 4 members (excludes halogenated alkanes) is 14. The number of aromatic amines is 1. The van der Waals surface area contributed by atoms with Crippen molar-refractivity contribution in [3.05, 3.63) is 23.5 Å². The summed E-state index contributed by atoms with van der Waals surface area (Å²) in [7, 11) is 0. The van der Waals surface area contributed by atoms with Gasteiger partial charge >= 0.3 is 0 Å². The Hall–Kier alpha value is -0.720. The van der Waals surface area contributed by atoms with Gasteiger partial charge in [0.05, 0.1) is 0 Å². The molecule has 0 unspecified atom stereocenters. The van der Waals surface area contributed by atoms with Crippen LogP contribution in [0.15, 0.2) is 12.3 Å². The highest BCUT2D eigenvalue weighted by atomic mass is 14.7. The van der Waals surface area contributed by atoms with E-state index in [-0.39, 0.29) is 0 Å². The highest BCUT2D eigenvalue weighted by molar-refractivity contribution is 5.18. The first-order valence-electron chi connectivity index (χ1n) is 10.5. The number of nitrogens with one attached hydrogen (secondary N) is 1. The zero-order valence-corrected chi connectivity index (χ0v) is 16.0. The van der Waals surface area contributed by atoms with Gasteiger partial charge in [-0.25, -0.2) is 0 Å². The largest absolute Gasteiger partial charge is 0.365 e. The molecule has 1 heteroatoms. The Bertz CT molecular complexity index is 353. The molecule has 0 bridgehead atoms. The highest BCUT2D eigenvalue weighted by Gasteiger charge is 1.98. The average Bonchev–Trinajstić information content (AvgIpc) is 2.96. The maximum absolute atomic E-state index is 3.36. The van der Waals surface area contributed by atoms with Crippen LogP contribution in [0.3, 0.4) is 0 Å². The minimum absolute atomic E-state index is 1.23. The molecule has 0 aromatic carbocycles. The van der Waals surface area contributed by atoms with Crippen LogP contribution in [0.5, 0.6) is 0 Å². The SMILES string of the molecule is CCCCCCCCCCCCCCCCCc1[nH]ccc1C. The number of aryl methyl sites for hydroxylation is 2. The fourth-order valence-corrected chi connectivity index (χ4v) is 3.42. The first-order chi connectivity index (χ1) is 11.3. The molecule has 1 rings (SSSR count). The molecule has 0 aliphatic carbocycles. The third-order valence-electron chi connectivity index (χ3n) is 5.10. The van der Waals surface area contributed by atoms with Gasteiger partial charge in [-0.05, 0) is 31.4 Å². The van der Waals surface area contributed by atoms with Gasteiger partial charge in [-0.15, -0.1) is 0 Å². The first-order valence-corrected chi connectivity index (χ1v) is 10.5. The van der Waals surface area contributed by atoms with Crippen molar-refractivity contribution in [2.45, 2.75) is 117 Å². The maximum Gasteiger partial charge on any atom is 0.0176 e. The van der Waals surface area contributed by atoms with Crippen molar-refractivity contribution in [1.82, 2.24) is 4.98 Å². The topological polar surface area (TPSA) is 15.8 Å². The molecule has 0 aliphatic rings. The summed E-state index contributed by atoms with van der Waals surface area (Å²) in [5.74, 6) is 0. The van der Waals surface area contributed by atoms with Crippen molar-refractivity contribution in [3.8, 4) is 0 Å². The number of aromatic nitrogens is 1. The van der Waals surface area contributed by atoms with Gasteiger partial charge in [-0.1, -0.05) is 96.8 Å². The Morgan fingerprint density at radius 3 is 1.48 bits per heavy atom. The van der Waals surface area contributed by atoms with E-state index < -0.39 is 0 Å². The normalized spacial score (nSPS) is 11.2. The van der Waals surface area contributed by atoms with Gasteiger partial charge in [0.1, 0.15) is 0 Å². The average molecular weight is 320 g/mol. The summed E-state index contributed by atoms with van der Waals surface area (Å²) >= 11 is 0. The summed E-state index contributed by atoms with van der Waals surface area (Å²) in [6.45, 7) is 4.50. The summed E-state index contributed by atoms with van der Waals surface area (Å²) in [6.07, 6.45) is 24.9. The van der Waals surface area contributed by atoms with Gasteiger partial charge in [0.2, 0.25) is 0 Å². The van der Waals surface area contributed by atoms with E-state index in [2.05, 4.69) is 31.1 Å². The Morgan fingerprint density at radius 2 is 1.09 bits per heavy atom. The van der Waals surface area contributed by atoms with Gasteiger partial charge in [-0.3, -0.25) is 0 Å². The second-order valence-electron chi connectivity index (χ2n) is 7.34. The summed E-state index contributed by atoms with van der Waals surface area (Å²) in [5.41, 5.74) is 2.87. The zero-order chi connectivity index (χ0) is 16.6. The lowest BCUT2D eigenvalue weighted by Crippen LogP contribution is -1.89. The lowest BCUT2D eigenvalue weighted by Gasteiger charge is -2.04. The molecule has 0 saturated carbocycles. The molecule has 0 spiro atoms. The molecule has 134 valence electrons. The van der Waals surface area contributed by atoms with Crippen LogP contribution in [-0.2, 0) is 6.42 Å². The van der Waals surface area contributed by atoms with E-state index in [1.807, 2.05) is 0 Å². The maximum atomic E-state index is 3.36. The van der Waals surface area contributed by atoms with Gasteiger partial charge in [-0.2, -0.15) is 0 Å².